The Hall–Kier alpha value is -1.23. The van der Waals surface area contributed by atoms with Crippen molar-refractivity contribution in [1.29, 1.82) is 0 Å². The summed E-state index contributed by atoms with van der Waals surface area (Å²) in [5.74, 6) is 1.38. The smallest absolute Gasteiger partial charge is 0.191 e. The topological polar surface area (TPSA) is 67.8 Å². The molecule has 1 atom stereocenters. The average molecular weight is 530 g/mol. The number of benzene rings is 1. The molecule has 1 fully saturated rings. The lowest BCUT2D eigenvalue weighted by atomic mass is 10.1. The van der Waals surface area contributed by atoms with Crippen LogP contribution in [0.3, 0.4) is 0 Å². The monoisotopic (exact) mass is 530 g/mol. The molecule has 160 valence electrons. The second kappa shape index (κ2) is 13.1. The van der Waals surface area contributed by atoms with Crippen molar-refractivity contribution < 1.29 is 9.47 Å². The molecule has 1 aromatic carbocycles. The first-order valence-corrected chi connectivity index (χ1v) is 10.7. The predicted molar refractivity (Wildman–Crippen MR) is 130 cm³/mol. The molecule has 0 aliphatic carbocycles. The molecule has 6 nitrogen and oxygen atoms in total. The summed E-state index contributed by atoms with van der Waals surface area (Å²) < 4.78 is 11.1. The van der Waals surface area contributed by atoms with E-state index in [-0.39, 0.29) is 24.0 Å². The molecule has 0 saturated carbocycles. The van der Waals surface area contributed by atoms with Gasteiger partial charge >= 0.3 is 0 Å². The van der Waals surface area contributed by atoms with Crippen molar-refractivity contribution in [2.24, 2.45) is 10.9 Å². The lowest BCUT2D eigenvalue weighted by molar-refractivity contribution is 0.0888. The van der Waals surface area contributed by atoms with Gasteiger partial charge in [-0.25, -0.2) is 4.98 Å². The molecule has 0 radical (unpaired) electrons. The summed E-state index contributed by atoms with van der Waals surface area (Å²) in [6, 6.07) is 10.3. The molecular formula is C21H31IN4O2S. The molecule has 0 spiro atoms. The minimum Gasteiger partial charge on any atom is -0.381 e. The maximum absolute atomic E-state index is 5.74. The summed E-state index contributed by atoms with van der Waals surface area (Å²) >= 11 is 1.73. The van der Waals surface area contributed by atoms with Crippen LogP contribution in [0.1, 0.15) is 23.4 Å². The fourth-order valence-electron chi connectivity index (χ4n) is 3.03. The third-order valence-corrected chi connectivity index (χ3v) is 5.90. The Morgan fingerprint density at radius 2 is 2.14 bits per heavy atom. The van der Waals surface area contributed by atoms with E-state index in [9.17, 15) is 0 Å². The van der Waals surface area contributed by atoms with Gasteiger partial charge in [0.1, 0.15) is 5.01 Å². The van der Waals surface area contributed by atoms with E-state index in [2.05, 4.69) is 34.7 Å². The maximum Gasteiger partial charge on any atom is 0.191 e. The van der Waals surface area contributed by atoms with Crippen molar-refractivity contribution in [3.8, 4) is 10.6 Å². The van der Waals surface area contributed by atoms with Gasteiger partial charge < -0.3 is 20.1 Å². The minimum absolute atomic E-state index is 0. The highest BCUT2D eigenvalue weighted by atomic mass is 127. The van der Waals surface area contributed by atoms with E-state index in [1.54, 1.807) is 18.4 Å². The van der Waals surface area contributed by atoms with Crippen molar-refractivity contribution in [1.82, 2.24) is 15.6 Å². The van der Waals surface area contributed by atoms with E-state index in [0.717, 1.165) is 68.0 Å². The number of nitrogens with one attached hydrogen (secondary N) is 2. The number of aryl methyl sites for hydroxylation is 1. The largest absolute Gasteiger partial charge is 0.381 e. The zero-order valence-corrected chi connectivity index (χ0v) is 20.3. The van der Waals surface area contributed by atoms with Crippen molar-refractivity contribution >= 4 is 41.3 Å². The molecule has 1 unspecified atom stereocenters. The number of rotatable bonds is 9. The fraction of sp³-hybridized carbons (Fsp3) is 0.524. The number of hydrogen-bond acceptors (Lipinski definition) is 5. The molecule has 2 N–H and O–H groups in total. The Kier molecular flexibility index (Phi) is 10.9. The van der Waals surface area contributed by atoms with Gasteiger partial charge in [-0.2, -0.15) is 0 Å². The van der Waals surface area contributed by atoms with Gasteiger partial charge in [0.15, 0.2) is 5.96 Å². The van der Waals surface area contributed by atoms with Gasteiger partial charge in [-0.15, -0.1) is 35.3 Å². The van der Waals surface area contributed by atoms with Crippen LogP contribution in [0.4, 0.5) is 0 Å². The highest BCUT2D eigenvalue weighted by Crippen LogP contribution is 2.27. The van der Waals surface area contributed by atoms with Gasteiger partial charge in [-0.3, -0.25) is 4.99 Å². The zero-order chi connectivity index (χ0) is 19.6. The fourth-order valence-corrected chi connectivity index (χ4v) is 4.03. The summed E-state index contributed by atoms with van der Waals surface area (Å²) in [4.78, 5) is 10.2. The standard InChI is InChI=1S/C21H30N4O2S.HI/c1-16-19(28-20(25-16)18-7-4-3-5-8-18)13-24-21(22-2)23-10-6-11-26-14-17-9-12-27-15-17;/h3-5,7-8,17H,6,9-15H2,1-2H3,(H2,22,23,24);1H. The van der Waals surface area contributed by atoms with E-state index in [4.69, 9.17) is 14.5 Å². The number of halogens is 1. The quantitative estimate of drug-likeness (QED) is 0.223. The molecule has 1 saturated heterocycles. The van der Waals surface area contributed by atoms with Crippen LogP contribution in [0.25, 0.3) is 10.6 Å². The molecule has 2 aromatic rings. The Morgan fingerprint density at radius 1 is 1.31 bits per heavy atom. The van der Waals surface area contributed by atoms with E-state index < -0.39 is 0 Å². The third kappa shape index (κ3) is 7.84. The lowest BCUT2D eigenvalue weighted by Crippen LogP contribution is -2.37. The molecule has 0 amide bonds. The number of guanidine groups is 1. The molecule has 2 heterocycles. The highest BCUT2D eigenvalue weighted by Gasteiger charge is 2.15. The van der Waals surface area contributed by atoms with E-state index >= 15 is 0 Å². The third-order valence-electron chi connectivity index (χ3n) is 4.69. The molecule has 0 bridgehead atoms. The first kappa shape index (κ1) is 24.0. The summed E-state index contributed by atoms with van der Waals surface area (Å²) in [5, 5.41) is 7.78. The van der Waals surface area contributed by atoms with Crippen molar-refractivity contribution in [2.75, 3.05) is 40.0 Å². The van der Waals surface area contributed by atoms with Crippen LogP contribution < -0.4 is 10.6 Å². The van der Waals surface area contributed by atoms with Gasteiger partial charge in [0.25, 0.3) is 0 Å². The molecule has 1 aliphatic heterocycles. The lowest BCUT2D eigenvalue weighted by Gasteiger charge is -2.12. The zero-order valence-electron chi connectivity index (χ0n) is 17.1. The first-order valence-electron chi connectivity index (χ1n) is 9.88. The van der Waals surface area contributed by atoms with Crippen LogP contribution >= 0.6 is 35.3 Å². The van der Waals surface area contributed by atoms with Gasteiger partial charge in [-0.05, 0) is 19.8 Å². The molecule has 29 heavy (non-hydrogen) atoms. The van der Waals surface area contributed by atoms with E-state index in [1.165, 1.54) is 4.88 Å². The highest BCUT2D eigenvalue weighted by molar-refractivity contribution is 14.0. The molecule has 1 aromatic heterocycles. The Balaban J connectivity index is 0.00000300. The first-order chi connectivity index (χ1) is 13.8. The number of ether oxygens (including phenoxy) is 2. The van der Waals surface area contributed by atoms with Gasteiger partial charge in [0, 0.05) is 43.2 Å². The van der Waals surface area contributed by atoms with Crippen molar-refractivity contribution in [3.05, 3.63) is 40.9 Å². The Labute approximate surface area is 194 Å². The van der Waals surface area contributed by atoms with Gasteiger partial charge in [-0.1, -0.05) is 30.3 Å². The summed E-state index contributed by atoms with van der Waals surface area (Å²) in [6.07, 6.45) is 2.07. The van der Waals surface area contributed by atoms with Crippen molar-refractivity contribution in [2.45, 2.75) is 26.3 Å². The summed E-state index contributed by atoms with van der Waals surface area (Å²) in [6.45, 7) is 6.90. The minimum atomic E-state index is 0. The maximum atomic E-state index is 5.74. The van der Waals surface area contributed by atoms with E-state index in [1.807, 2.05) is 18.2 Å². The normalized spacial score (nSPS) is 16.5. The SMILES string of the molecule is CN=C(NCCCOCC1CCOC1)NCc1sc(-c2ccccc2)nc1C.I. The van der Waals surface area contributed by atoms with Crippen LogP contribution in [-0.2, 0) is 16.0 Å². The predicted octanol–water partition coefficient (Wildman–Crippen LogP) is 3.84. The van der Waals surface area contributed by atoms with Crippen molar-refractivity contribution in [3.63, 3.8) is 0 Å². The molecule has 3 rings (SSSR count). The number of thiazole rings is 1. The average Bonchev–Trinajstić information content (AvgIpc) is 3.37. The van der Waals surface area contributed by atoms with Crippen LogP contribution in [0, 0.1) is 12.8 Å². The second-order valence-electron chi connectivity index (χ2n) is 6.90. The molecular weight excluding hydrogens is 499 g/mol. The Morgan fingerprint density at radius 3 is 2.86 bits per heavy atom. The number of nitrogens with zero attached hydrogens (tertiary/aromatic N) is 2. The Bertz CT molecular complexity index is 748. The van der Waals surface area contributed by atoms with Crippen LogP contribution in [0.15, 0.2) is 35.3 Å². The van der Waals surface area contributed by atoms with Crippen LogP contribution in [0.5, 0.6) is 0 Å². The number of aliphatic imine (C=N–C) groups is 1. The number of aromatic nitrogens is 1. The molecule has 8 heteroatoms. The van der Waals surface area contributed by atoms with Crippen LogP contribution in [0.2, 0.25) is 0 Å². The number of hydrogen-bond donors (Lipinski definition) is 2. The summed E-state index contributed by atoms with van der Waals surface area (Å²) in [5.41, 5.74) is 2.23. The molecule has 1 aliphatic rings. The van der Waals surface area contributed by atoms with E-state index in [0.29, 0.717) is 12.5 Å². The summed E-state index contributed by atoms with van der Waals surface area (Å²) in [7, 11) is 1.79. The van der Waals surface area contributed by atoms with Crippen LogP contribution in [-0.4, -0.2) is 51.0 Å². The second-order valence-corrected chi connectivity index (χ2v) is 7.99. The van der Waals surface area contributed by atoms with Gasteiger partial charge in [0.2, 0.25) is 0 Å². The van der Waals surface area contributed by atoms with Gasteiger partial charge in [0.05, 0.1) is 25.5 Å².